The predicted molar refractivity (Wildman–Crippen MR) is 62.7 cm³/mol. The van der Waals surface area contributed by atoms with Crippen LogP contribution < -0.4 is 0 Å². The van der Waals surface area contributed by atoms with Gasteiger partial charge in [0.05, 0.1) is 13.2 Å². The molecule has 2 atom stereocenters. The summed E-state index contributed by atoms with van der Waals surface area (Å²) in [4.78, 5) is 19.3. The van der Waals surface area contributed by atoms with Gasteiger partial charge in [0.15, 0.2) is 0 Å². The van der Waals surface area contributed by atoms with Crippen LogP contribution in [-0.2, 0) is 18.2 Å². The summed E-state index contributed by atoms with van der Waals surface area (Å²) in [6.45, 7) is 5.20. The average molecular weight is 290 g/mol. The first-order valence-electron chi connectivity index (χ1n) is 5.24. The highest BCUT2D eigenvalue weighted by Gasteiger charge is 2.63. The molecule has 104 valence electrons. The number of aliphatic hydroxyl groups is 1. The summed E-state index contributed by atoms with van der Waals surface area (Å²) < 4.78 is 32.8. The van der Waals surface area contributed by atoms with Gasteiger partial charge in [0.2, 0.25) is 0 Å². The summed E-state index contributed by atoms with van der Waals surface area (Å²) in [6, 6.07) is 0. The van der Waals surface area contributed by atoms with Crippen LogP contribution in [0, 0.1) is 5.92 Å². The van der Waals surface area contributed by atoms with Crippen molar-refractivity contribution < 1.29 is 33.1 Å². The second-order valence-corrected chi connectivity index (χ2v) is 8.03. The molecule has 0 aromatic heterocycles. The van der Waals surface area contributed by atoms with E-state index in [1.54, 1.807) is 0 Å². The standard InChI is InChI=1S/C8H20O7P2/c1-5-14-16(10,11)8(9,7(3)4)17(12,13)15-6-2/h7,9H,5-6H2,1-4H3,(H,10,11)(H,12,13). The Morgan fingerprint density at radius 1 is 1.06 bits per heavy atom. The molecule has 17 heavy (non-hydrogen) atoms. The maximum Gasteiger partial charge on any atom is 0.372 e. The molecule has 3 N–H and O–H groups in total. The Balaban J connectivity index is 5.62. The van der Waals surface area contributed by atoms with Crippen LogP contribution in [0.5, 0.6) is 0 Å². The minimum Gasteiger partial charge on any atom is -0.367 e. The van der Waals surface area contributed by atoms with Crippen molar-refractivity contribution in [3.05, 3.63) is 0 Å². The normalized spacial score (nSPS) is 22.8. The molecule has 2 unspecified atom stereocenters. The first-order chi connectivity index (χ1) is 7.56. The first-order valence-corrected chi connectivity index (χ1v) is 8.39. The smallest absolute Gasteiger partial charge is 0.367 e. The maximum absolute atomic E-state index is 11.9. The molecule has 0 bridgehead atoms. The van der Waals surface area contributed by atoms with Gasteiger partial charge in [-0.05, 0) is 13.8 Å². The van der Waals surface area contributed by atoms with E-state index in [0.717, 1.165) is 0 Å². The van der Waals surface area contributed by atoms with Gasteiger partial charge in [-0.15, -0.1) is 0 Å². The van der Waals surface area contributed by atoms with Gasteiger partial charge in [0, 0.05) is 5.92 Å². The van der Waals surface area contributed by atoms with Gasteiger partial charge >= 0.3 is 15.2 Å². The average Bonchev–Trinajstić information content (AvgIpc) is 2.15. The Bertz CT molecular complexity index is 315. The van der Waals surface area contributed by atoms with E-state index < -0.39 is 26.2 Å². The van der Waals surface area contributed by atoms with Gasteiger partial charge in [-0.2, -0.15) is 0 Å². The molecule has 0 aliphatic heterocycles. The fourth-order valence-corrected chi connectivity index (χ4v) is 5.36. The van der Waals surface area contributed by atoms with E-state index in [9.17, 15) is 24.0 Å². The molecule has 0 amide bonds. The second kappa shape index (κ2) is 5.93. The summed E-state index contributed by atoms with van der Waals surface area (Å²) in [7, 11) is -9.41. The third-order valence-electron chi connectivity index (χ3n) is 2.21. The molecular weight excluding hydrogens is 270 g/mol. The van der Waals surface area contributed by atoms with E-state index in [1.165, 1.54) is 27.7 Å². The molecule has 0 radical (unpaired) electrons. The molecule has 0 saturated carbocycles. The molecule has 0 aromatic rings. The highest BCUT2D eigenvalue weighted by molar-refractivity contribution is 7.73. The van der Waals surface area contributed by atoms with E-state index in [2.05, 4.69) is 9.05 Å². The Kier molecular flexibility index (Phi) is 6.02. The van der Waals surface area contributed by atoms with Crippen LogP contribution in [-0.4, -0.2) is 33.2 Å². The molecule has 0 heterocycles. The molecular formula is C8H20O7P2. The molecule has 0 fully saturated rings. The van der Waals surface area contributed by atoms with Crippen molar-refractivity contribution in [2.24, 2.45) is 5.92 Å². The largest absolute Gasteiger partial charge is 0.372 e. The lowest BCUT2D eigenvalue weighted by atomic mass is 10.2. The summed E-state index contributed by atoms with van der Waals surface area (Å²) in [5.41, 5.74) is 0. The lowest BCUT2D eigenvalue weighted by Crippen LogP contribution is -2.36. The maximum atomic E-state index is 11.9. The van der Waals surface area contributed by atoms with Gasteiger partial charge in [-0.1, -0.05) is 13.8 Å². The van der Waals surface area contributed by atoms with Crippen molar-refractivity contribution in [3.63, 3.8) is 0 Å². The number of rotatable bonds is 7. The lowest BCUT2D eigenvalue weighted by Gasteiger charge is -2.36. The van der Waals surface area contributed by atoms with Crippen LogP contribution in [0.25, 0.3) is 0 Å². The van der Waals surface area contributed by atoms with Gasteiger partial charge in [-0.25, -0.2) is 0 Å². The summed E-state index contributed by atoms with van der Waals surface area (Å²) in [5, 5.41) is 7.30. The zero-order valence-electron chi connectivity index (χ0n) is 10.4. The van der Waals surface area contributed by atoms with E-state index in [-0.39, 0.29) is 13.2 Å². The van der Waals surface area contributed by atoms with Crippen LogP contribution in [0.15, 0.2) is 0 Å². The van der Waals surface area contributed by atoms with Crippen molar-refractivity contribution in [2.45, 2.75) is 32.8 Å². The topological polar surface area (TPSA) is 113 Å². The van der Waals surface area contributed by atoms with Crippen LogP contribution in [0.4, 0.5) is 0 Å². The Morgan fingerprint density at radius 2 is 1.35 bits per heavy atom. The van der Waals surface area contributed by atoms with Crippen molar-refractivity contribution in [2.75, 3.05) is 13.2 Å². The predicted octanol–water partition coefficient (Wildman–Crippen LogP) is 1.73. The first kappa shape index (κ1) is 17.3. The van der Waals surface area contributed by atoms with Crippen LogP contribution >= 0.6 is 15.2 Å². The number of hydrogen-bond acceptors (Lipinski definition) is 5. The zero-order chi connectivity index (χ0) is 13.9. The zero-order valence-corrected chi connectivity index (χ0v) is 12.1. The Labute approximate surface area is 101 Å². The summed E-state index contributed by atoms with van der Waals surface area (Å²) in [5.74, 6) is -0.993. The van der Waals surface area contributed by atoms with Gasteiger partial charge in [0.25, 0.3) is 5.08 Å². The molecule has 0 aliphatic carbocycles. The van der Waals surface area contributed by atoms with Crippen molar-refractivity contribution in [1.29, 1.82) is 0 Å². The van der Waals surface area contributed by atoms with Crippen molar-refractivity contribution in [3.8, 4) is 0 Å². The fraction of sp³-hybridized carbons (Fsp3) is 1.00. The highest BCUT2D eigenvalue weighted by Crippen LogP contribution is 2.74. The molecule has 9 heteroatoms. The lowest BCUT2D eigenvalue weighted by molar-refractivity contribution is 0.0736. The Hall–Kier alpha value is 0.260. The molecule has 7 nitrogen and oxygen atoms in total. The van der Waals surface area contributed by atoms with Crippen LogP contribution in [0.3, 0.4) is 0 Å². The third-order valence-corrected chi connectivity index (χ3v) is 7.64. The molecule has 0 spiro atoms. The fourth-order valence-electron chi connectivity index (χ4n) is 1.35. The van der Waals surface area contributed by atoms with E-state index >= 15 is 0 Å². The quantitative estimate of drug-likeness (QED) is 0.612. The second-order valence-electron chi connectivity index (χ2n) is 3.72. The summed E-state index contributed by atoms with van der Waals surface area (Å²) >= 11 is 0. The van der Waals surface area contributed by atoms with Gasteiger partial charge < -0.3 is 23.9 Å². The third kappa shape index (κ3) is 3.18. The van der Waals surface area contributed by atoms with Crippen molar-refractivity contribution >= 4 is 15.2 Å². The highest BCUT2D eigenvalue weighted by atomic mass is 31.2. The summed E-state index contributed by atoms with van der Waals surface area (Å²) in [6.07, 6.45) is 0. The van der Waals surface area contributed by atoms with Crippen LogP contribution in [0.1, 0.15) is 27.7 Å². The minimum absolute atomic E-state index is 0.172. The molecule has 0 aliphatic rings. The molecule has 0 saturated heterocycles. The van der Waals surface area contributed by atoms with E-state index in [4.69, 9.17) is 0 Å². The molecule has 0 aromatic carbocycles. The van der Waals surface area contributed by atoms with E-state index in [0.29, 0.717) is 0 Å². The van der Waals surface area contributed by atoms with Gasteiger partial charge in [-0.3, -0.25) is 9.13 Å². The monoisotopic (exact) mass is 290 g/mol. The van der Waals surface area contributed by atoms with E-state index in [1.807, 2.05) is 0 Å². The SMILES string of the molecule is CCOP(=O)(O)C(O)(C(C)C)P(=O)(O)OCC. The van der Waals surface area contributed by atoms with Gasteiger partial charge in [0.1, 0.15) is 0 Å². The van der Waals surface area contributed by atoms with Crippen LogP contribution in [0.2, 0.25) is 0 Å². The minimum atomic E-state index is -4.70. The molecule has 0 rings (SSSR count). The number of hydrogen-bond donors (Lipinski definition) is 3. The van der Waals surface area contributed by atoms with Crippen molar-refractivity contribution in [1.82, 2.24) is 0 Å². The Morgan fingerprint density at radius 3 is 1.53 bits per heavy atom.